The Kier molecular flexibility index (Phi) is 7.08. The van der Waals surface area contributed by atoms with Crippen LogP contribution in [-0.4, -0.2) is 18.1 Å². The Morgan fingerprint density at radius 2 is 1.59 bits per heavy atom. The molecule has 2 nitrogen and oxygen atoms in total. The van der Waals surface area contributed by atoms with Crippen LogP contribution in [0.1, 0.15) is 94.9 Å². The summed E-state index contributed by atoms with van der Waals surface area (Å²) in [6.07, 6.45) is 11.2. The number of thiophene rings is 1. The monoisotopic (exact) mass is 416 g/mol. The lowest BCUT2D eigenvalue weighted by Gasteiger charge is -2.50. The van der Waals surface area contributed by atoms with Crippen molar-refractivity contribution in [3.63, 3.8) is 0 Å². The van der Waals surface area contributed by atoms with E-state index in [0.29, 0.717) is 24.2 Å². The third-order valence-corrected chi connectivity index (χ3v) is 9.59. The number of fused-ring (bicyclic) bond motifs is 1. The summed E-state index contributed by atoms with van der Waals surface area (Å²) in [4.78, 5) is 3.01. The van der Waals surface area contributed by atoms with Crippen LogP contribution in [0.5, 0.6) is 0 Å². The van der Waals surface area contributed by atoms with E-state index in [1.54, 1.807) is 4.88 Å². The highest BCUT2D eigenvalue weighted by Gasteiger charge is 2.42. The molecule has 0 spiro atoms. The molecule has 3 aliphatic rings. The third-order valence-electron chi connectivity index (χ3n) is 8.47. The van der Waals surface area contributed by atoms with E-state index < -0.39 is 0 Å². The molecule has 2 saturated carbocycles. The van der Waals surface area contributed by atoms with Crippen molar-refractivity contribution in [2.24, 2.45) is 29.6 Å². The van der Waals surface area contributed by atoms with Crippen molar-refractivity contribution in [1.82, 2.24) is 10.6 Å². The molecule has 2 aliphatic carbocycles. The van der Waals surface area contributed by atoms with Gasteiger partial charge >= 0.3 is 0 Å². The van der Waals surface area contributed by atoms with Gasteiger partial charge in [0.1, 0.15) is 0 Å². The Balaban J connectivity index is 1.51. The first kappa shape index (κ1) is 21.8. The van der Waals surface area contributed by atoms with Crippen LogP contribution in [0, 0.1) is 36.5 Å². The fourth-order valence-corrected chi connectivity index (χ4v) is 7.84. The van der Waals surface area contributed by atoms with Gasteiger partial charge in [0, 0.05) is 33.9 Å². The van der Waals surface area contributed by atoms with Crippen LogP contribution in [0.3, 0.4) is 0 Å². The van der Waals surface area contributed by atoms with E-state index >= 15 is 0 Å². The number of nitrogens with one attached hydrogen (secondary N) is 2. The molecule has 6 atom stereocenters. The molecule has 3 fully saturated rings. The zero-order valence-corrected chi connectivity index (χ0v) is 20.2. The van der Waals surface area contributed by atoms with E-state index in [1.807, 2.05) is 11.3 Å². The molecule has 3 heteroatoms. The van der Waals surface area contributed by atoms with Gasteiger partial charge in [-0.1, -0.05) is 40.5 Å². The van der Waals surface area contributed by atoms with Gasteiger partial charge in [-0.3, -0.25) is 0 Å². The highest BCUT2D eigenvalue weighted by atomic mass is 32.1. The third kappa shape index (κ3) is 4.77. The zero-order valence-electron chi connectivity index (χ0n) is 19.4. The first-order valence-corrected chi connectivity index (χ1v) is 13.3. The molecular formula is C26H44N2S. The molecule has 2 heterocycles. The summed E-state index contributed by atoms with van der Waals surface area (Å²) < 4.78 is 0. The van der Waals surface area contributed by atoms with Crippen molar-refractivity contribution in [1.29, 1.82) is 0 Å². The van der Waals surface area contributed by atoms with Crippen molar-refractivity contribution in [3.05, 3.63) is 21.9 Å². The standard InChI is InChI=1S/C26H44N2S/c1-16(2)20-9-7-10-21(17(3)4)26(20)28-23-11-6-8-19-13-14-22(27-25(19)23)24-15-12-18(5)29-24/h12,15-17,19-23,25-28H,6-11,13-14H2,1-5H3. The van der Waals surface area contributed by atoms with E-state index in [2.05, 4.69) is 57.4 Å². The smallest absolute Gasteiger partial charge is 0.0417 e. The van der Waals surface area contributed by atoms with E-state index in [9.17, 15) is 0 Å². The minimum absolute atomic E-state index is 0.575. The van der Waals surface area contributed by atoms with Crippen LogP contribution >= 0.6 is 11.3 Å². The molecular weight excluding hydrogens is 372 g/mol. The van der Waals surface area contributed by atoms with Crippen molar-refractivity contribution in [2.45, 2.75) is 110 Å². The predicted molar refractivity (Wildman–Crippen MR) is 127 cm³/mol. The molecule has 0 amide bonds. The highest BCUT2D eigenvalue weighted by molar-refractivity contribution is 7.12. The van der Waals surface area contributed by atoms with Crippen LogP contribution in [0.15, 0.2) is 12.1 Å². The van der Waals surface area contributed by atoms with Gasteiger partial charge in [0.2, 0.25) is 0 Å². The number of hydrogen-bond donors (Lipinski definition) is 2. The summed E-state index contributed by atoms with van der Waals surface area (Å²) in [7, 11) is 0. The van der Waals surface area contributed by atoms with Gasteiger partial charge < -0.3 is 10.6 Å². The molecule has 164 valence electrons. The van der Waals surface area contributed by atoms with E-state index in [1.165, 1.54) is 56.2 Å². The van der Waals surface area contributed by atoms with Gasteiger partial charge in [-0.2, -0.15) is 0 Å². The van der Waals surface area contributed by atoms with Gasteiger partial charge in [0.05, 0.1) is 0 Å². The summed E-state index contributed by atoms with van der Waals surface area (Å²) >= 11 is 2.00. The van der Waals surface area contributed by atoms with Gasteiger partial charge in [-0.15, -0.1) is 11.3 Å². The van der Waals surface area contributed by atoms with Gasteiger partial charge in [0.25, 0.3) is 0 Å². The molecule has 1 aromatic rings. The molecule has 0 bridgehead atoms. The molecule has 29 heavy (non-hydrogen) atoms. The number of aryl methyl sites for hydroxylation is 1. The molecule has 1 aromatic heterocycles. The Labute approximate surface area is 183 Å². The SMILES string of the molecule is Cc1ccc(C2CCC3CCCC(NC4C(C(C)C)CCCC4C(C)C)C3N2)s1. The van der Waals surface area contributed by atoms with Crippen molar-refractivity contribution in [2.75, 3.05) is 0 Å². The lowest BCUT2D eigenvalue weighted by Crippen LogP contribution is -2.62. The molecule has 1 saturated heterocycles. The highest BCUT2D eigenvalue weighted by Crippen LogP contribution is 2.42. The Morgan fingerprint density at radius 3 is 2.21 bits per heavy atom. The summed E-state index contributed by atoms with van der Waals surface area (Å²) in [5.74, 6) is 4.13. The fourth-order valence-electron chi connectivity index (χ4n) is 6.87. The van der Waals surface area contributed by atoms with Crippen LogP contribution in [0.4, 0.5) is 0 Å². The fraction of sp³-hybridized carbons (Fsp3) is 0.846. The maximum Gasteiger partial charge on any atom is 0.0417 e. The summed E-state index contributed by atoms with van der Waals surface area (Å²) in [6.45, 7) is 12.1. The summed E-state index contributed by atoms with van der Waals surface area (Å²) in [5.41, 5.74) is 0. The normalized spacial score (nSPS) is 38.4. The maximum absolute atomic E-state index is 4.34. The Bertz CT molecular complexity index is 635. The van der Waals surface area contributed by atoms with Crippen molar-refractivity contribution in [3.8, 4) is 0 Å². The first-order chi connectivity index (χ1) is 13.9. The quantitative estimate of drug-likeness (QED) is 0.557. The average Bonchev–Trinajstić information content (AvgIpc) is 3.14. The minimum atomic E-state index is 0.575. The van der Waals surface area contributed by atoms with E-state index in [4.69, 9.17) is 0 Å². The molecule has 0 radical (unpaired) electrons. The van der Waals surface area contributed by atoms with E-state index in [0.717, 1.165) is 29.6 Å². The van der Waals surface area contributed by atoms with Gasteiger partial charge in [0.15, 0.2) is 0 Å². The molecule has 2 N–H and O–H groups in total. The number of hydrogen-bond acceptors (Lipinski definition) is 3. The van der Waals surface area contributed by atoms with Gasteiger partial charge in [-0.05, 0) is 87.2 Å². The van der Waals surface area contributed by atoms with Crippen LogP contribution in [-0.2, 0) is 0 Å². The molecule has 0 aromatic carbocycles. The number of rotatable bonds is 5. The van der Waals surface area contributed by atoms with Crippen molar-refractivity contribution < 1.29 is 0 Å². The second-order valence-corrected chi connectivity index (χ2v) is 12.3. The second-order valence-electron chi connectivity index (χ2n) is 11.0. The predicted octanol–water partition coefficient (Wildman–Crippen LogP) is 6.70. The summed E-state index contributed by atoms with van der Waals surface area (Å²) in [5, 5.41) is 8.50. The summed E-state index contributed by atoms with van der Waals surface area (Å²) in [6, 6.07) is 7.26. The Morgan fingerprint density at radius 1 is 0.897 bits per heavy atom. The zero-order chi connectivity index (χ0) is 20.5. The molecule has 6 unspecified atom stereocenters. The maximum atomic E-state index is 4.34. The lowest BCUT2D eigenvalue weighted by molar-refractivity contribution is 0.0694. The van der Waals surface area contributed by atoms with Crippen LogP contribution in [0.2, 0.25) is 0 Å². The van der Waals surface area contributed by atoms with Crippen LogP contribution in [0.25, 0.3) is 0 Å². The number of piperidine rings is 1. The molecule has 4 rings (SSSR count). The minimum Gasteiger partial charge on any atom is -0.309 e. The lowest BCUT2D eigenvalue weighted by atomic mass is 9.67. The first-order valence-electron chi connectivity index (χ1n) is 12.5. The molecule has 1 aliphatic heterocycles. The average molecular weight is 417 g/mol. The van der Waals surface area contributed by atoms with Crippen molar-refractivity contribution >= 4 is 11.3 Å². The Hall–Kier alpha value is -0.380. The van der Waals surface area contributed by atoms with Crippen LogP contribution < -0.4 is 10.6 Å². The van der Waals surface area contributed by atoms with E-state index in [-0.39, 0.29) is 0 Å². The topological polar surface area (TPSA) is 24.1 Å². The largest absolute Gasteiger partial charge is 0.309 e. The van der Waals surface area contributed by atoms with Gasteiger partial charge in [-0.25, -0.2) is 0 Å². The second kappa shape index (κ2) is 9.40.